The van der Waals surface area contributed by atoms with E-state index < -0.39 is 11.6 Å². The Hall–Kier alpha value is -1.23. The summed E-state index contributed by atoms with van der Waals surface area (Å²) in [4.78, 5) is 5.65. The molecule has 1 N–H and O–H groups in total. The molecule has 0 saturated carbocycles. The van der Waals surface area contributed by atoms with E-state index in [1.807, 2.05) is 11.8 Å². The minimum absolute atomic E-state index is 0.172. The van der Waals surface area contributed by atoms with Crippen LogP contribution in [0.4, 0.5) is 14.6 Å². The molecule has 0 aliphatic carbocycles. The Morgan fingerprint density at radius 2 is 2.33 bits per heavy atom. The van der Waals surface area contributed by atoms with Crippen LogP contribution in [0.1, 0.15) is 6.92 Å². The second kappa shape index (κ2) is 4.10. The average molecular weight is 213 g/mol. The first kappa shape index (κ1) is 10.3. The summed E-state index contributed by atoms with van der Waals surface area (Å²) in [5.41, 5.74) is 0. The van der Waals surface area contributed by atoms with E-state index in [1.165, 1.54) is 0 Å². The quantitative estimate of drug-likeness (QED) is 0.758. The predicted molar refractivity (Wildman–Crippen MR) is 53.8 cm³/mol. The number of nitrogens with zero attached hydrogens (tertiary/aromatic N) is 2. The lowest BCUT2D eigenvalue weighted by Gasteiger charge is -2.34. The molecule has 0 amide bonds. The van der Waals surface area contributed by atoms with Crippen LogP contribution in [0.3, 0.4) is 0 Å². The van der Waals surface area contributed by atoms with Gasteiger partial charge in [0.05, 0.1) is 6.20 Å². The van der Waals surface area contributed by atoms with Crippen LogP contribution in [-0.2, 0) is 0 Å². The van der Waals surface area contributed by atoms with E-state index in [-0.39, 0.29) is 11.9 Å². The summed E-state index contributed by atoms with van der Waals surface area (Å²) in [6.07, 6.45) is 1.05. The summed E-state index contributed by atoms with van der Waals surface area (Å²) in [6, 6.07) is 1.04. The molecule has 1 aromatic heterocycles. The van der Waals surface area contributed by atoms with Crippen molar-refractivity contribution in [2.75, 3.05) is 24.5 Å². The number of halogens is 2. The fourth-order valence-electron chi connectivity index (χ4n) is 1.77. The molecule has 82 valence electrons. The maximum Gasteiger partial charge on any atom is 0.168 e. The molecule has 1 aromatic rings. The van der Waals surface area contributed by atoms with Gasteiger partial charge in [0.15, 0.2) is 11.6 Å². The molecule has 1 aliphatic rings. The van der Waals surface area contributed by atoms with E-state index in [2.05, 4.69) is 10.3 Å². The zero-order chi connectivity index (χ0) is 10.8. The van der Waals surface area contributed by atoms with Crippen LogP contribution >= 0.6 is 0 Å². The zero-order valence-corrected chi connectivity index (χ0v) is 8.50. The topological polar surface area (TPSA) is 28.2 Å². The van der Waals surface area contributed by atoms with Crippen LogP contribution in [0.5, 0.6) is 0 Å². The molecule has 2 heterocycles. The van der Waals surface area contributed by atoms with E-state index in [0.29, 0.717) is 6.54 Å². The van der Waals surface area contributed by atoms with Gasteiger partial charge in [0.25, 0.3) is 0 Å². The second-order valence-corrected chi connectivity index (χ2v) is 3.71. The van der Waals surface area contributed by atoms with Gasteiger partial charge in [0.2, 0.25) is 0 Å². The van der Waals surface area contributed by atoms with E-state index in [1.54, 1.807) is 0 Å². The summed E-state index contributed by atoms with van der Waals surface area (Å²) in [6.45, 7) is 4.26. The van der Waals surface area contributed by atoms with Gasteiger partial charge in [-0.25, -0.2) is 13.8 Å². The molecular formula is C10H13F2N3. The van der Waals surface area contributed by atoms with Crippen molar-refractivity contribution in [3.05, 3.63) is 23.9 Å². The van der Waals surface area contributed by atoms with Gasteiger partial charge in [-0.15, -0.1) is 0 Å². The first-order valence-corrected chi connectivity index (χ1v) is 4.97. The summed E-state index contributed by atoms with van der Waals surface area (Å²) in [5, 5.41) is 3.20. The van der Waals surface area contributed by atoms with Gasteiger partial charge in [-0.1, -0.05) is 0 Å². The van der Waals surface area contributed by atoms with Crippen molar-refractivity contribution in [1.82, 2.24) is 10.3 Å². The highest BCUT2D eigenvalue weighted by Gasteiger charge is 2.22. The maximum absolute atomic E-state index is 13.4. The molecule has 3 nitrogen and oxygen atoms in total. The minimum atomic E-state index is -0.640. The second-order valence-electron chi connectivity index (χ2n) is 3.71. The first-order valence-electron chi connectivity index (χ1n) is 4.97. The summed E-state index contributed by atoms with van der Waals surface area (Å²) in [7, 11) is 0. The van der Waals surface area contributed by atoms with Crippen molar-refractivity contribution in [1.29, 1.82) is 0 Å². The number of aromatic nitrogens is 1. The van der Waals surface area contributed by atoms with Crippen LogP contribution in [-0.4, -0.2) is 30.7 Å². The lowest BCUT2D eigenvalue weighted by Crippen LogP contribution is -2.50. The Morgan fingerprint density at radius 1 is 1.53 bits per heavy atom. The summed E-state index contributed by atoms with van der Waals surface area (Å²) >= 11 is 0. The van der Waals surface area contributed by atoms with E-state index in [4.69, 9.17) is 0 Å². The molecule has 15 heavy (non-hydrogen) atoms. The highest BCUT2D eigenvalue weighted by Crippen LogP contribution is 2.19. The third-order valence-corrected chi connectivity index (χ3v) is 2.56. The Morgan fingerprint density at radius 3 is 3.00 bits per heavy atom. The molecule has 1 atom stereocenters. The molecule has 1 fully saturated rings. The lowest BCUT2D eigenvalue weighted by molar-refractivity contribution is 0.482. The van der Waals surface area contributed by atoms with Crippen molar-refractivity contribution in [2.24, 2.45) is 0 Å². The number of hydrogen-bond donors (Lipinski definition) is 1. The van der Waals surface area contributed by atoms with Crippen LogP contribution in [0.2, 0.25) is 0 Å². The smallest absolute Gasteiger partial charge is 0.168 e. The molecule has 0 radical (unpaired) electrons. The van der Waals surface area contributed by atoms with Gasteiger partial charge in [-0.05, 0) is 6.92 Å². The number of pyridine rings is 1. The Labute approximate surface area is 87.1 Å². The molecule has 1 unspecified atom stereocenters. The third-order valence-electron chi connectivity index (χ3n) is 2.56. The Kier molecular flexibility index (Phi) is 2.81. The number of hydrogen-bond acceptors (Lipinski definition) is 3. The van der Waals surface area contributed by atoms with Crippen LogP contribution < -0.4 is 10.2 Å². The fraction of sp³-hybridized carbons (Fsp3) is 0.500. The van der Waals surface area contributed by atoms with Gasteiger partial charge in [0.1, 0.15) is 5.82 Å². The van der Waals surface area contributed by atoms with Gasteiger partial charge in [-0.3, -0.25) is 0 Å². The number of piperazine rings is 1. The molecule has 0 bridgehead atoms. The number of nitrogens with one attached hydrogen (secondary N) is 1. The third kappa shape index (κ3) is 2.07. The monoisotopic (exact) mass is 213 g/mol. The van der Waals surface area contributed by atoms with Crippen molar-refractivity contribution < 1.29 is 8.78 Å². The fourth-order valence-corrected chi connectivity index (χ4v) is 1.77. The summed E-state index contributed by atoms with van der Waals surface area (Å²) < 4.78 is 26.1. The summed E-state index contributed by atoms with van der Waals surface area (Å²) in [5.74, 6) is -0.992. The van der Waals surface area contributed by atoms with E-state index in [0.717, 1.165) is 25.4 Å². The average Bonchev–Trinajstić information content (AvgIpc) is 2.20. The van der Waals surface area contributed by atoms with Crippen molar-refractivity contribution in [3.8, 4) is 0 Å². The minimum Gasteiger partial charge on any atom is -0.349 e. The van der Waals surface area contributed by atoms with Crippen LogP contribution in [0, 0.1) is 11.6 Å². The molecule has 0 spiro atoms. The van der Waals surface area contributed by atoms with Gasteiger partial charge < -0.3 is 10.2 Å². The number of rotatable bonds is 1. The SMILES string of the molecule is CC1CNCCN1c1ncc(F)cc1F. The van der Waals surface area contributed by atoms with E-state index in [9.17, 15) is 8.78 Å². The highest BCUT2D eigenvalue weighted by atomic mass is 19.1. The van der Waals surface area contributed by atoms with Crippen LogP contribution in [0.15, 0.2) is 12.3 Å². The molecule has 2 rings (SSSR count). The number of anilines is 1. The highest BCUT2D eigenvalue weighted by molar-refractivity contribution is 5.41. The Bertz CT molecular complexity index is 357. The van der Waals surface area contributed by atoms with Crippen molar-refractivity contribution in [2.45, 2.75) is 13.0 Å². The van der Waals surface area contributed by atoms with Crippen LogP contribution in [0.25, 0.3) is 0 Å². The Balaban J connectivity index is 2.27. The molecule has 0 aromatic carbocycles. The molecular weight excluding hydrogens is 200 g/mol. The molecule has 1 saturated heterocycles. The van der Waals surface area contributed by atoms with Gasteiger partial charge >= 0.3 is 0 Å². The molecule has 1 aliphatic heterocycles. The van der Waals surface area contributed by atoms with Crippen molar-refractivity contribution >= 4 is 5.82 Å². The van der Waals surface area contributed by atoms with Gasteiger partial charge in [-0.2, -0.15) is 0 Å². The lowest BCUT2D eigenvalue weighted by atomic mass is 10.2. The van der Waals surface area contributed by atoms with E-state index >= 15 is 0 Å². The first-order chi connectivity index (χ1) is 7.18. The zero-order valence-electron chi connectivity index (χ0n) is 8.50. The standard InChI is InChI=1S/C10H13F2N3/c1-7-5-13-2-3-15(7)10-9(12)4-8(11)6-14-10/h4,6-7,13H,2-3,5H2,1H3. The normalized spacial score (nSPS) is 21.8. The maximum atomic E-state index is 13.4. The molecule has 5 heteroatoms. The largest absolute Gasteiger partial charge is 0.349 e. The van der Waals surface area contributed by atoms with Gasteiger partial charge in [0, 0.05) is 31.7 Å². The predicted octanol–water partition coefficient (Wildman–Crippen LogP) is 1.16. The van der Waals surface area contributed by atoms with Crippen molar-refractivity contribution in [3.63, 3.8) is 0 Å².